The van der Waals surface area contributed by atoms with Crippen molar-refractivity contribution in [3.05, 3.63) is 54.1 Å². The lowest BCUT2D eigenvalue weighted by Gasteiger charge is -2.09. The first-order valence-corrected chi connectivity index (χ1v) is 7.29. The number of para-hydroxylation sites is 1. The quantitative estimate of drug-likeness (QED) is 0.910. The minimum Gasteiger partial charge on any atom is -0.324 e. The van der Waals surface area contributed by atoms with Gasteiger partial charge in [-0.3, -0.25) is 4.79 Å². The second-order valence-corrected chi connectivity index (χ2v) is 6.25. The van der Waals surface area contributed by atoms with Crippen molar-refractivity contribution < 1.29 is 13.2 Å². The first-order chi connectivity index (χ1) is 9.09. The highest BCUT2D eigenvalue weighted by atomic mass is 32.2. The number of amides is 1. The Kier molecular flexibility index (Phi) is 2.64. The van der Waals surface area contributed by atoms with Gasteiger partial charge < -0.3 is 5.32 Å². The lowest BCUT2D eigenvalue weighted by Crippen LogP contribution is -2.08. The summed E-state index contributed by atoms with van der Waals surface area (Å²) in [6, 6.07) is 13.1. The topological polar surface area (TPSA) is 63.2 Å². The minimum absolute atomic E-state index is 0.155. The molecule has 0 radical (unpaired) electrons. The number of anilines is 1. The van der Waals surface area contributed by atoms with Crippen LogP contribution in [0.25, 0.3) is 0 Å². The monoisotopic (exact) mass is 273 g/mol. The summed E-state index contributed by atoms with van der Waals surface area (Å²) >= 11 is 0. The van der Waals surface area contributed by atoms with Crippen LogP contribution in [0.2, 0.25) is 0 Å². The van der Waals surface area contributed by atoms with Crippen LogP contribution in [0.1, 0.15) is 5.56 Å². The van der Waals surface area contributed by atoms with Crippen molar-refractivity contribution in [3.63, 3.8) is 0 Å². The molecule has 0 saturated carbocycles. The number of hydrogen-bond acceptors (Lipinski definition) is 3. The Balaban J connectivity index is 2.20. The van der Waals surface area contributed by atoms with Crippen molar-refractivity contribution in [2.75, 3.05) is 5.32 Å². The molecule has 96 valence electrons. The molecule has 0 fully saturated rings. The number of hydrogen-bond donors (Lipinski definition) is 1. The lowest BCUT2D eigenvalue weighted by atomic mass is 10.2. The fourth-order valence-corrected chi connectivity index (χ4v) is 3.65. The Labute approximate surface area is 111 Å². The smallest absolute Gasteiger partial charge is 0.228 e. The Morgan fingerprint density at radius 1 is 0.947 bits per heavy atom. The molecule has 0 saturated heterocycles. The number of carbonyl (C=O) groups is 1. The zero-order valence-corrected chi connectivity index (χ0v) is 10.8. The maximum absolute atomic E-state index is 12.5. The van der Waals surface area contributed by atoms with Crippen LogP contribution in [0.3, 0.4) is 0 Å². The Morgan fingerprint density at radius 2 is 1.68 bits per heavy atom. The molecule has 0 aliphatic carbocycles. The number of carbonyl (C=O) groups excluding carboxylic acids is 1. The molecule has 19 heavy (non-hydrogen) atoms. The van der Waals surface area contributed by atoms with Crippen molar-refractivity contribution in [1.29, 1.82) is 0 Å². The summed E-state index contributed by atoms with van der Waals surface area (Å²) in [4.78, 5) is 11.8. The van der Waals surface area contributed by atoms with E-state index in [1.54, 1.807) is 42.5 Å². The van der Waals surface area contributed by atoms with E-state index in [0.29, 0.717) is 5.69 Å². The van der Waals surface area contributed by atoms with Crippen LogP contribution in [0, 0.1) is 0 Å². The standard InChI is InChI=1S/C14H11NO3S/c16-13-9-10-5-4-8-12(14(10)15-13)19(17,18)11-6-2-1-3-7-11/h1-8H,9H2,(H,15,16). The van der Waals surface area contributed by atoms with Gasteiger partial charge in [-0.2, -0.15) is 0 Å². The van der Waals surface area contributed by atoms with E-state index in [9.17, 15) is 13.2 Å². The van der Waals surface area contributed by atoms with E-state index >= 15 is 0 Å². The van der Waals surface area contributed by atoms with Gasteiger partial charge in [0.05, 0.1) is 21.9 Å². The molecule has 1 aliphatic heterocycles. The summed E-state index contributed by atoms with van der Waals surface area (Å²) in [5, 5.41) is 2.62. The van der Waals surface area contributed by atoms with E-state index < -0.39 is 9.84 Å². The zero-order valence-electron chi connectivity index (χ0n) is 9.96. The SMILES string of the molecule is O=C1Cc2cccc(S(=O)(=O)c3ccccc3)c2N1. The van der Waals surface area contributed by atoms with E-state index in [1.807, 2.05) is 0 Å². The van der Waals surface area contributed by atoms with Gasteiger partial charge >= 0.3 is 0 Å². The van der Waals surface area contributed by atoms with E-state index in [1.165, 1.54) is 6.07 Å². The highest BCUT2D eigenvalue weighted by Crippen LogP contribution is 2.33. The molecule has 4 nitrogen and oxygen atoms in total. The second kappa shape index (κ2) is 4.20. The van der Waals surface area contributed by atoms with Crippen LogP contribution in [-0.4, -0.2) is 14.3 Å². The summed E-state index contributed by atoms with van der Waals surface area (Å²) in [7, 11) is -3.60. The summed E-state index contributed by atoms with van der Waals surface area (Å²) in [5.41, 5.74) is 1.14. The predicted molar refractivity (Wildman–Crippen MR) is 70.7 cm³/mol. The zero-order chi connectivity index (χ0) is 13.5. The molecule has 1 heterocycles. The van der Waals surface area contributed by atoms with E-state index in [-0.39, 0.29) is 22.1 Å². The molecule has 0 spiro atoms. The molecule has 0 atom stereocenters. The highest BCUT2D eigenvalue weighted by Gasteiger charge is 2.27. The summed E-state index contributed by atoms with van der Waals surface area (Å²) < 4.78 is 25.1. The molecule has 1 N–H and O–H groups in total. The summed E-state index contributed by atoms with van der Waals surface area (Å²) in [6.45, 7) is 0. The van der Waals surface area contributed by atoms with Gasteiger partial charge in [-0.05, 0) is 23.8 Å². The maximum atomic E-state index is 12.5. The summed E-state index contributed by atoms with van der Waals surface area (Å²) in [5.74, 6) is -0.175. The molecule has 1 aliphatic rings. The molecular formula is C14H11NO3S. The van der Waals surface area contributed by atoms with Crippen LogP contribution in [0.5, 0.6) is 0 Å². The molecule has 5 heteroatoms. The van der Waals surface area contributed by atoms with Gasteiger partial charge in [-0.25, -0.2) is 8.42 Å². The number of sulfone groups is 1. The largest absolute Gasteiger partial charge is 0.324 e. The van der Waals surface area contributed by atoms with Gasteiger partial charge in [0.1, 0.15) is 0 Å². The van der Waals surface area contributed by atoms with Crippen LogP contribution >= 0.6 is 0 Å². The number of rotatable bonds is 2. The van der Waals surface area contributed by atoms with Gasteiger partial charge in [-0.15, -0.1) is 0 Å². The van der Waals surface area contributed by atoms with Crippen LogP contribution in [0.4, 0.5) is 5.69 Å². The van der Waals surface area contributed by atoms with Gasteiger partial charge in [0.2, 0.25) is 15.7 Å². The van der Waals surface area contributed by atoms with Crippen molar-refractivity contribution in [1.82, 2.24) is 0 Å². The fraction of sp³-hybridized carbons (Fsp3) is 0.0714. The van der Waals surface area contributed by atoms with Gasteiger partial charge in [0.25, 0.3) is 0 Å². The molecular weight excluding hydrogens is 262 g/mol. The van der Waals surface area contributed by atoms with Crippen LogP contribution < -0.4 is 5.32 Å². The first kappa shape index (κ1) is 11.9. The van der Waals surface area contributed by atoms with Crippen molar-refractivity contribution in [3.8, 4) is 0 Å². The first-order valence-electron chi connectivity index (χ1n) is 5.81. The van der Waals surface area contributed by atoms with Crippen LogP contribution in [-0.2, 0) is 21.1 Å². The third kappa shape index (κ3) is 1.92. The molecule has 3 rings (SSSR count). The number of benzene rings is 2. The normalized spacial score (nSPS) is 14.0. The molecule has 0 unspecified atom stereocenters. The van der Waals surface area contributed by atoms with E-state index in [2.05, 4.69) is 5.32 Å². The second-order valence-electron chi connectivity index (χ2n) is 4.33. The predicted octanol–water partition coefficient (Wildman–Crippen LogP) is 2.01. The van der Waals surface area contributed by atoms with Crippen LogP contribution in [0.15, 0.2) is 58.3 Å². The Bertz CT molecular complexity index is 752. The third-order valence-electron chi connectivity index (χ3n) is 3.07. The van der Waals surface area contributed by atoms with Crippen molar-refractivity contribution in [2.45, 2.75) is 16.2 Å². The lowest BCUT2D eigenvalue weighted by molar-refractivity contribution is -0.115. The summed E-state index contributed by atoms with van der Waals surface area (Å²) in [6.07, 6.45) is 0.230. The number of nitrogens with one attached hydrogen (secondary N) is 1. The minimum atomic E-state index is -3.60. The maximum Gasteiger partial charge on any atom is 0.228 e. The van der Waals surface area contributed by atoms with E-state index in [4.69, 9.17) is 0 Å². The van der Waals surface area contributed by atoms with Crippen molar-refractivity contribution in [2.24, 2.45) is 0 Å². The third-order valence-corrected chi connectivity index (χ3v) is 4.88. The highest BCUT2D eigenvalue weighted by molar-refractivity contribution is 7.91. The van der Waals surface area contributed by atoms with Gasteiger partial charge in [0.15, 0.2) is 0 Å². The van der Waals surface area contributed by atoms with Gasteiger partial charge in [0, 0.05) is 0 Å². The molecule has 2 aromatic carbocycles. The molecule has 1 amide bonds. The average Bonchev–Trinajstić information content (AvgIpc) is 2.79. The number of fused-ring (bicyclic) bond motifs is 1. The average molecular weight is 273 g/mol. The van der Waals surface area contributed by atoms with Crippen molar-refractivity contribution >= 4 is 21.4 Å². The molecule has 0 bridgehead atoms. The fourth-order valence-electron chi connectivity index (χ4n) is 2.17. The molecule has 2 aromatic rings. The molecule has 0 aromatic heterocycles. The van der Waals surface area contributed by atoms with E-state index in [0.717, 1.165) is 5.56 Å². The Hall–Kier alpha value is -2.14. The Morgan fingerprint density at radius 3 is 2.42 bits per heavy atom. The van der Waals surface area contributed by atoms with Gasteiger partial charge in [-0.1, -0.05) is 30.3 Å².